The van der Waals surface area contributed by atoms with E-state index in [-0.39, 0.29) is 5.91 Å². The zero-order chi connectivity index (χ0) is 24.8. The minimum absolute atomic E-state index is 0.351. The smallest absolute Gasteiger partial charge is 0.370 e. The summed E-state index contributed by atoms with van der Waals surface area (Å²) in [5, 5.41) is 6.11. The highest BCUT2D eigenvalue weighted by atomic mass is 19.4. The van der Waals surface area contributed by atoms with Crippen molar-refractivity contribution in [3.05, 3.63) is 108 Å². The Morgan fingerprint density at radius 3 is 2.37 bits per heavy atom. The van der Waals surface area contributed by atoms with E-state index < -0.39 is 11.7 Å². The van der Waals surface area contributed by atoms with Crippen LogP contribution in [0.25, 0.3) is 11.1 Å². The highest BCUT2D eigenvalue weighted by Crippen LogP contribution is 2.32. The van der Waals surface area contributed by atoms with Gasteiger partial charge in [-0.1, -0.05) is 36.4 Å². The van der Waals surface area contributed by atoms with Crippen molar-refractivity contribution in [1.82, 2.24) is 9.97 Å². The number of hydrogen-bond donors (Lipinski definition) is 2. The number of benzene rings is 2. The van der Waals surface area contributed by atoms with Gasteiger partial charge < -0.3 is 10.6 Å². The normalized spacial score (nSPS) is 11.2. The molecule has 2 N–H and O–H groups in total. The highest BCUT2D eigenvalue weighted by molar-refractivity contribution is 6.09. The lowest BCUT2D eigenvalue weighted by atomic mass is 9.98. The maximum Gasteiger partial charge on any atom is 0.416 e. The maximum absolute atomic E-state index is 13.1. The summed E-state index contributed by atoms with van der Waals surface area (Å²) in [4.78, 5) is 21.7. The molecule has 0 fully saturated rings. The number of halogens is 3. The van der Waals surface area contributed by atoms with Gasteiger partial charge in [-0.25, -0.2) is 4.98 Å². The number of amides is 1. The van der Waals surface area contributed by atoms with Gasteiger partial charge >= 0.3 is 6.18 Å². The van der Waals surface area contributed by atoms with Crippen LogP contribution in [-0.4, -0.2) is 22.4 Å². The van der Waals surface area contributed by atoms with Gasteiger partial charge in [0.15, 0.2) is 0 Å². The van der Waals surface area contributed by atoms with Gasteiger partial charge in [-0.15, -0.1) is 0 Å². The molecule has 0 radical (unpaired) electrons. The number of aromatic nitrogens is 2. The molecule has 8 heteroatoms. The van der Waals surface area contributed by atoms with Crippen molar-refractivity contribution in [3.8, 4) is 11.1 Å². The van der Waals surface area contributed by atoms with Gasteiger partial charge in [0.05, 0.1) is 17.4 Å². The molecule has 35 heavy (non-hydrogen) atoms. The van der Waals surface area contributed by atoms with Crippen LogP contribution >= 0.6 is 0 Å². The van der Waals surface area contributed by atoms with Crippen LogP contribution in [0.3, 0.4) is 0 Å². The Morgan fingerprint density at radius 2 is 1.69 bits per heavy atom. The molecule has 0 atom stereocenters. The first kappa shape index (κ1) is 23.9. The van der Waals surface area contributed by atoms with Crippen LogP contribution in [0, 0.1) is 6.92 Å². The Labute approximate surface area is 201 Å². The topological polar surface area (TPSA) is 66.9 Å². The van der Waals surface area contributed by atoms with E-state index in [1.54, 1.807) is 36.7 Å². The molecule has 2 heterocycles. The standard InChI is InChI=1S/C27H23F3N4O/c1-18-16-25(32-15-13-21-6-4-5-14-31-21)33-17-24(18)34-26(35)23-8-3-2-7-22(23)19-9-11-20(12-10-19)27(28,29)30/h2-12,14,16-17H,13,15H2,1H3,(H,32,33)(H,34,35). The van der Waals surface area contributed by atoms with Gasteiger partial charge in [0.25, 0.3) is 5.91 Å². The van der Waals surface area contributed by atoms with Gasteiger partial charge in [-0.05, 0) is 60.0 Å². The lowest BCUT2D eigenvalue weighted by Gasteiger charge is -2.14. The summed E-state index contributed by atoms with van der Waals surface area (Å²) in [6.07, 6.45) is -0.331. The monoisotopic (exact) mass is 476 g/mol. The van der Waals surface area contributed by atoms with E-state index in [0.29, 0.717) is 34.7 Å². The van der Waals surface area contributed by atoms with E-state index >= 15 is 0 Å². The van der Waals surface area contributed by atoms with Gasteiger partial charge in [0, 0.05) is 30.4 Å². The Balaban J connectivity index is 1.45. The molecule has 178 valence electrons. The van der Waals surface area contributed by atoms with Gasteiger partial charge in [-0.3, -0.25) is 9.78 Å². The number of alkyl halides is 3. The number of nitrogens with zero attached hydrogens (tertiary/aromatic N) is 2. The SMILES string of the molecule is Cc1cc(NCCc2ccccn2)ncc1NC(=O)c1ccccc1-c1ccc(C(F)(F)F)cc1. The molecular formula is C27H23F3N4O. The molecule has 1 amide bonds. The molecule has 0 aliphatic rings. The first-order valence-electron chi connectivity index (χ1n) is 11.0. The fraction of sp³-hybridized carbons (Fsp3) is 0.148. The first-order chi connectivity index (χ1) is 16.8. The molecule has 0 aliphatic carbocycles. The minimum atomic E-state index is -4.42. The molecule has 0 aliphatic heterocycles. The molecule has 5 nitrogen and oxygen atoms in total. The zero-order valence-electron chi connectivity index (χ0n) is 18.9. The number of pyridine rings is 2. The predicted molar refractivity (Wildman–Crippen MR) is 130 cm³/mol. The molecule has 4 rings (SSSR count). The van der Waals surface area contributed by atoms with Crippen molar-refractivity contribution in [2.24, 2.45) is 0 Å². The van der Waals surface area contributed by atoms with Crippen molar-refractivity contribution >= 4 is 17.4 Å². The van der Waals surface area contributed by atoms with E-state index in [0.717, 1.165) is 29.8 Å². The van der Waals surface area contributed by atoms with Crippen LogP contribution in [0.2, 0.25) is 0 Å². The van der Waals surface area contributed by atoms with Crippen LogP contribution in [0.1, 0.15) is 27.2 Å². The second-order valence-electron chi connectivity index (χ2n) is 7.96. The van der Waals surface area contributed by atoms with Gasteiger partial charge in [-0.2, -0.15) is 13.2 Å². The number of aryl methyl sites for hydroxylation is 1. The summed E-state index contributed by atoms with van der Waals surface area (Å²) in [5.41, 5.74) is 3.02. The highest BCUT2D eigenvalue weighted by Gasteiger charge is 2.30. The zero-order valence-corrected chi connectivity index (χ0v) is 18.9. The Morgan fingerprint density at radius 1 is 0.943 bits per heavy atom. The molecule has 2 aromatic carbocycles. The fourth-order valence-corrected chi connectivity index (χ4v) is 3.61. The molecule has 0 unspecified atom stereocenters. The van der Waals surface area contributed by atoms with Crippen LogP contribution < -0.4 is 10.6 Å². The average Bonchev–Trinajstić information content (AvgIpc) is 2.86. The fourth-order valence-electron chi connectivity index (χ4n) is 3.61. The summed E-state index contributed by atoms with van der Waals surface area (Å²) in [6, 6.07) is 19.2. The molecule has 2 aromatic heterocycles. The lowest BCUT2D eigenvalue weighted by Crippen LogP contribution is -2.15. The second-order valence-corrected chi connectivity index (χ2v) is 7.96. The Kier molecular flexibility index (Phi) is 7.10. The Bertz CT molecular complexity index is 1310. The van der Waals surface area contributed by atoms with Crippen LogP contribution in [-0.2, 0) is 12.6 Å². The van der Waals surface area contributed by atoms with E-state index in [2.05, 4.69) is 20.6 Å². The Hall–Kier alpha value is -4.20. The number of hydrogen-bond acceptors (Lipinski definition) is 4. The van der Waals surface area contributed by atoms with Crippen LogP contribution in [0.15, 0.2) is 85.2 Å². The van der Waals surface area contributed by atoms with Crippen molar-refractivity contribution < 1.29 is 18.0 Å². The summed E-state index contributed by atoms with van der Waals surface area (Å²) in [5.74, 6) is 0.308. The molecule has 0 spiro atoms. The van der Waals surface area contributed by atoms with Crippen molar-refractivity contribution in [2.45, 2.75) is 19.5 Å². The second kappa shape index (κ2) is 10.4. The summed E-state index contributed by atoms with van der Waals surface area (Å²) in [7, 11) is 0. The van der Waals surface area contributed by atoms with Crippen molar-refractivity contribution in [2.75, 3.05) is 17.2 Å². The molecule has 0 saturated heterocycles. The summed E-state index contributed by atoms with van der Waals surface area (Å²) >= 11 is 0. The van der Waals surface area contributed by atoms with Crippen LogP contribution in [0.4, 0.5) is 24.7 Å². The third-order valence-corrected chi connectivity index (χ3v) is 5.47. The third kappa shape index (κ3) is 6.03. The predicted octanol–water partition coefficient (Wildman–Crippen LogP) is 6.38. The van der Waals surface area contributed by atoms with E-state index in [1.807, 2.05) is 31.2 Å². The van der Waals surface area contributed by atoms with E-state index in [4.69, 9.17) is 0 Å². The minimum Gasteiger partial charge on any atom is -0.370 e. The van der Waals surface area contributed by atoms with Crippen molar-refractivity contribution in [3.63, 3.8) is 0 Å². The molecule has 4 aromatic rings. The number of nitrogens with one attached hydrogen (secondary N) is 2. The maximum atomic E-state index is 13.1. The third-order valence-electron chi connectivity index (χ3n) is 5.47. The molecule has 0 bridgehead atoms. The number of anilines is 2. The van der Waals surface area contributed by atoms with Crippen LogP contribution in [0.5, 0.6) is 0 Å². The number of carbonyl (C=O) groups excluding carboxylic acids is 1. The lowest BCUT2D eigenvalue weighted by molar-refractivity contribution is -0.137. The molecule has 0 saturated carbocycles. The number of carbonyl (C=O) groups is 1. The van der Waals surface area contributed by atoms with Crippen molar-refractivity contribution in [1.29, 1.82) is 0 Å². The summed E-state index contributed by atoms with van der Waals surface area (Å²) < 4.78 is 38.7. The van der Waals surface area contributed by atoms with Gasteiger partial charge in [0.1, 0.15) is 5.82 Å². The number of rotatable bonds is 7. The quantitative estimate of drug-likeness (QED) is 0.325. The largest absolute Gasteiger partial charge is 0.416 e. The first-order valence-corrected chi connectivity index (χ1v) is 11.0. The van der Waals surface area contributed by atoms with E-state index in [1.165, 1.54) is 12.1 Å². The molecular weight excluding hydrogens is 453 g/mol. The van der Waals surface area contributed by atoms with E-state index in [9.17, 15) is 18.0 Å². The summed E-state index contributed by atoms with van der Waals surface area (Å²) in [6.45, 7) is 2.53. The average molecular weight is 477 g/mol. The van der Waals surface area contributed by atoms with Gasteiger partial charge in [0.2, 0.25) is 0 Å².